The van der Waals surface area contributed by atoms with E-state index in [1.807, 2.05) is 4.90 Å². The summed E-state index contributed by atoms with van der Waals surface area (Å²) < 4.78 is 27.8. The number of alkyl halides is 2. The zero-order chi connectivity index (χ0) is 22.6. The van der Waals surface area contributed by atoms with Gasteiger partial charge in [0.2, 0.25) is 11.9 Å². The van der Waals surface area contributed by atoms with Crippen LogP contribution >= 0.6 is 23.2 Å². The van der Waals surface area contributed by atoms with Gasteiger partial charge in [-0.05, 0) is 31.2 Å². The van der Waals surface area contributed by atoms with E-state index in [2.05, 4.69) is 9.97 Å². The molecule has 1 saturated heterocycles. The van der Waals surface area contributed by atoms with Gasteiger partial charge in [0.1, 0.15) is 5.69 Å². The normalized spacial score (nSPS) is 22.1. The number of anilines is 1. The first kappa shape index (κ1) is 22.2. The molecule has 2 aliphatic rings. The fourth-order valence-corrected chi connectivity index (χ4v) is 5.25. The molecule has 1 saturated carbocycles. The van der Waals surface area contributed by atoms with E-state index in [4.69, 9.17) is 34.7 Å². The van der Waals surface area contributed by atoms with Crippen molar-refractivity contribution in [1.82, 2.24) is 9.97 Å². The summed E-state index contributed by atoms with van der Waals surface area (Å²) >= 11 is 12.5. The molecule has 1 atom stereocenters. The van der Waals surface area contributed by atoms with Crippen LogP contribution in [0.3, 0.4) is 0 Å². The van der Waals surface area contributed by atoms with Crippen LogP contribution in [0.1, 0.15) is 41.9 Å². The number of piperidine rings is 1. The first-order valence-electron chi connectivity index (χ1n) is 10.0. The van der Waals surface area contributed by atoms with Gasteiger partial charge in [0.25, 0.3) is 5.91 Å². The molecule has 0 bridgehead atoms. The third kappa shape index (κ3) is 3.97. The molecule has 1 aromatic heterocycles. The molecule has 2 fully saturated rings. The summed E-state index contributed by atoms with van der Waals surface area (Å²) in [6.45, 7) is 2.68. The number of halogens is 4. The van der Waals surface area contributed by atoms with Crippen LogP contribution in [0, 0.1) is 12.3 Å². The zero-order valence-electron chi connectivity index (χ0n) is 17.0. The molecule has 1 amide bonds. The third-order valence-electron chi connectivity index (χ3n) is 6.49. The second kappa shape index (κ2) is 7.83. The Labute approximate surface area is 188 Å². The Balaban J connectivity index is 1.66. The van der Waals surface area contributed by atoms with Gasteiger partial charge in [-0.15, -0.1) is 0 Å². The molecule has 4 N–H and O–H groups in total. The molecular formula is C21H23Cl2F2N5O. The number of rotatable bonds is 3. The standard InChI is InChI=1S/C21H23Cl2F2N5O/c1-11-15(12-3-2-4-13(22)16(12)23)17(18(27)31)29-19(28-11)30-7-5-20(6-8-30)10-21(24,25)9-14(20)26/h2-4,14H,5-10,26H2,1H3,(H2,27,31)/t14-/m1/s1. The second-order valence-corrected chi connectivity index (χ2v) is 9.28. The minimum Gasteiger partial charge on any atom is -0.364 e. The summed E-state index contributed by atoms with van der Waals surface area (Å²) in [6.07, 6.45) is 0.567. The van der Waals surface area contributed by atoms with Crippen molar-refractivity contribution in [3.05, 3.63) is 39.6 Å². The number of aryl methyl sites for hydroxylation is 1. The number of primary amides is 1. The number of benzene rings is 1. The van der Waals surface area contributed by atoms with Crippen LogP contribution in [0.4, 0.5) is 14.7 Å². The van der Waals surface area contributed by atoms with Crippen LogP contribution < -0.4 is 16.4 Å². The summed E-state index contributed by atoms with van der Waals surface area (Å²) in [5.74, 6) is -3.10. The Morgan fingerprint density at radius 3 is 2.48 bits per heavy atom. The van der Waals surface area contributed by atoms with Crippen molar-refractivity contribution in [2.75, 3.05) is 18.0 Å². The van der Waals surface area contributed by atoms with E-state index < -0.39 is 23.3 Å². The highest BCUT2D eigenvalue weighted by molar-refractivity contribution is 6.43. The average Bonchev–Trinajstić information content (AvgIpc) is 2.92. The molecule has 2 heterocycles. The van der Waals surface area contributed by atoms with Crippen molar-refractivity contribution in [1.29, 1.82) is 0 Å². The highest BCUT2D eigenvalue weighted by Crippen LogP contribution is 2.52. The summed E-state index contributed by atoms with van der Waals surface area (Å²) in [5, 5.41) is 0.617. The number of hydrogen-bond acceptors (Lipinski definition) is 5. The van der Waals surface area contributed by atoms with Gasteiger partial charge in [-0.25, -0.2) is 18.7 Å². The largest absolute Gasteiger partial charge is 0.364 e. The minimum absolute atomic E-state index is 0.0380. The van der Waals surface area contributed by atoms with E-state index in [9.17, 15) is 13.6 Å². The van der Waals surface area contributed by atoms with E-state index in [1.54, 1.807) is 25.1 Å². The number of carbonyl (C=O) groups excluding carboxylic acids is 1. The number of carbonyl (C=O) groups is 1. The van der Waals surface area contributed by atoms with Gasteiger partial charge in [-0.3, -0.25) is 4.79 Å². The lowest BCUT2D eigenvalue weighted by Crippen LogP contribution is -2.47. The molecule has 2 aromatic rings. The Morgan fingerprint density at radius 1 is 1.23 bits per heavy atom. The Morgan fingerprint density at radius 2 is 1.90 bits per heavy atom. The average molecular weight is 470 g/mol. The molecule has 10 heteroatoms. The maximum Gasteiger partial charge on any atom is 0.268 e. The van der Waals surface area contributed by atoms with E-state index >= 15 is 0 Å². The van der Waals surface area contributed by atoms with Crippen LogP contribution in [-0.2, 0) is 0 Å². The molecule has 1 aliphatic heterocycles. The Bertz CT molecular complexity index is 1040. The molecule has 166 valence electrons. The first-order valence-corrected chi connectivity index (χ1v) is 10.8. The fourth-order valence-electron chi connectivity index (χ4n) is 4.85. The number of nitrogens with zero attached hydrogens (tertiary/aromatic N) is 3. The zero-order valence-corrected chi connectivity index (χ0v) is 18.5. The topological polar surface area (TPSA) is 98.1 Å². The van der Waals surface area contributed by atoms with E-state index in [0.29, 0.717) is 53.7 Å². The van der Waals surface area contributed by atoms with Crippen molar-refractivity contribution in [3.63, 3.8) is 0 Å². The van der Waals surface area contributed by atoms with Crippen LogP contribution in [0.2, 0.25) is 10.0 Å². The molecule has 1 spiro atoms. The van der Waals surface area contributed by atoms with Crippen molar-refractivity contribution in [3.8, 4) is 11.1 Å². The first-order chi connectivity index (χ1) is 14.5. The summed E-state index contributed by atoms with van der Waals surface area (Å²) in [6, 6.07) is 4.55. The minimum atomic E-state index is -2.72. The molecular weight excluding hydrogens is 447 g/mol. The van der Waals surface area contributed by atoms with Gasteiger partial charge in [-0.1, -0.05) is 35.3 Å². The van der Waals surface area contributed by atoms with Crippen LogP contribution in [0.5, 0.6) is 0 Å². The summed E-state index contributed by atoms with van der Waals surface area (Å²) in [7, 11) is 0. The lowest BCUT2D eigenvalue weighted by molar-refractivity contribution is -0.00686. The van der Waals surface area contributed by atoms with Crippen LogP contribution in [0.25, 0.3) is 11.1 Å². The fraction of sp³-hybridized carbons (Fsp3) is 0.476. The summed E-state index contributed by atoms with van der Waals surface area (Å²) in [4.78, 5) is 23.1. The van der Waals surface area contributed by atoms with Crippen LogP contribution in [0.15, 0.2) is 18.2 Å². The Hall–Kier alpha value is -2.03. The quantitative estimate of drug-likeness (QED) is 0.701. The third-order valence-corrected chi connectivity index (χ3v) is 7.31. The molecule has 0 unspecified atom stereocenters. The predicted molar refractivity (Wildman–Crippen MR) is 117 cm³/mol. The molecule has 4 rings (SSSR count). The molecule has 31 heavy (non-hydrogen) atoms. The van der Waals surface area contributed by atoms with Gasteiger partial charge >= 0.3 is 0 Å². The van der Waals surface area contributed by atoms with E-state index in [0.717, 1.165) is 0 Å². The predicted octanol–water partition coefficient (Wildman–Crippen LogP) is 4.20. The molecule has 1 aliphatic carbocycles. The number of nitrogens with two attached hydrogens (primary N) is 2. The number of hydrogen-bond donors (Lipinski definition) is 2. The summed E-state index contributed by atoms with van der Waals surface area (Å²) in [5.41, 5.74) is 12.6. The lowest BCUT2D eigenvalue weighted by atomic mass is 9.74. The van der Waals surface area contributed by atoms with E-state index in [1.165, 1.54) is 0 Å². The van der Waals surface area contributed by atoms with E-state index in [-0.39, 0.29) is 23.6 Å². The van der Waals surface area contributed by atoms with Gasteiger partial charge in [0.15, 0.2) is 0 Å². The monoisotopic (exact) mass is 469 g/mol. The van der Waals surface area contributed by atoms with Gasteiger partial charge < -0.3 is 16.4 Å². The maximum absolute atomic E-state index is 13.9. The molecule has 6 nitrogen and oxygen atoms in total. The van der Waals surface area contributed by atoms with Crippen molar-refractivity contribution >= 4 is 35.1 Å². The molecule has 1 aromatic carbocycles. The molecule has 0 radical (unpaired) electrons. The highest BCUT2D eigenvalue weighted by Gasteiger charge is 2.55. The SMILES string of the molecule is Cc1nc(N2CCC3(CC2)CC(F)(F)C[C@H]3N)nc(C(N)=O)c1-c1cccc(Cl)c1Cl. The smallest absolute Gasteiger partial charge is 0.268 e. The van der Waals surface area contributed by atoms with Gasteiger partial charge in [-0.2, -0.15) is 0 Å². The second-order valence-electron chi connectivity index (χ2n) is 8.49. The maximum atomic E-state index is 13.9. The Kier molecular flexibility index (Phi) is 5.60. The highest BCUT2D eigenvalue weighted by atomic mass is 35.5. The van der Waals surface area contributed by atoms with Crippen molar-refractivity contribution in [2.24, 2.45) is 16.9 Å². The number of aromatic nitrogens is 2. The van der Waals surface area contributed by atoms with Crippen molar-refractivity contribution < 1.29 is 13.6 Å². The number of amides is 1. The van der Waals surface area contributed by atoms with Crippen LogP contribution in [-0.4, -0.2) is 40.9 Å². The lowest BCUT2D eigenvalue weighted by Gasteiger charge is -2.41. The van der Waals surface area contributed by atoms with Crippen molar-refractivity contribution in [2.45, 2.75) is 44.6 Å². The van der Waals surface area contributed by atoms with Gasteiger partial charge in [0, 0.05) is 43.1 Å². The van der Waals surface area contributed by atoms with Gasteiger partial charge in [0.05, 0.1) is 15.7 Å².